The van der Waals surface area contributed by atoms with Gasteiger partial charge in [0.15, 0.2) is 0 Å². The van der Waals surface area contributed by atoms with Crippen LogP contribution in [0.3, 0.4) is 0 Å². The van der Waals surface area contributed by atoms with Crippen LogP contribution >= 0.6 is 11.3 Å². The molecular weight excluding hydrogens is 258 g/mol. The molecule has 1 rings (SSSR count). The van der Waals surface area contributed by atoms with Crippen molar-refractivity contribution in [1.82, 2.24) is 9.71 Å². The Morgan fingerprint density at radius 2 is 2.24 bits per heavy atom. The molecule has 0 saturated heterocycles. The first-order valence-electron chi connectivity index (χ1n) is 5.68. The molecule has 0 radical (unpaired) electrons. The average molecular weight is 277 g/mol. The number of thiazole rings is 1. The molecule has 0 aliphatic rings. The maximum absolute atomic E-state index is 11.6. The molecular formula is C10H19N3O2S2. The topological polar surface area (TPSA) is 85.1 Å². The second kappa shape index (κ2) is 7.05. The summed E-state index contributed by atoms with van der Waals surface area (Å²) in [4.78, 5) is 5.33. The number of nitrogens with two attached hydrogens (primary N) is 1. The van der Waals surface area contributed by atoms with Crippen LogP contribution in [0.5, 0.6) is 0 Å². The van der Waals surface area contributed by atoms with E-state index in [9.17, 15) is 8.42 Å². The Labute approximate surface area is 106 Å². The molecule has 0 unspecified atom stereocenters. The summed E-state index contributed by atoms with van der Waals surface area (Å²) in [5, 5.41) is 0.809. The van der Waals surface area contributed by atoms with Crippen molar-refractivity contribution in [3.8, 4) is 0 Å². The molecule has 1 aromatic heterocycles. The predicted molar refractivity (Wildman–Crippen MR) is 70.4 cm³/mol. The molecule has 7 heteroatoms. The Balaban J connectivity index is 2.38. The smallest absolute Gasteiger partial charge is 0.211 e. The quantitative estimate of drug-likeness (QED) is 0.690. The summed E-state index contributed by atoms with van der Waals surface area (Å²) in [6.07, 6.45) is 4.06. The number of unbranched alkanes of at least 4 members (excludes halogenated alkanes) is 1. The number of nitrogens with one attached hydrogen (secondary N) is 1. The summed E-state index contributed by atoms with van der Waals surface area (Å²) in [7, 11) is -3.19. The van der Waals surface area contributed by atoms with Crippen molar-refractivity contribution in [2.45, 2.75) is 32.7 Å². The second-order valence-electron chi connectivity index (χ2n) is 3.71. The van der Waals surface area contributed by atoms with Crippen LogP contribution in [-0.2, 0) is 23.0 Å². The third-order valence-electron chi connectivity index (χ3n) is 2.26. The summed E-state index contributed by atoms with van der Waals surface area (Å²) in [5.41, 5.74) is 5.32. The standard InChI is InChI=1S/C10H19N3O2S2/c1-2-9-7-12-10(16-9)8-13-17(14,15)6-4-3-5-11/h7,13H,2-6,8,11H2,1H3. The highest BCUT2D eigenvalue weighted by Crippen LogP contribution is 2.13. The van der Waals surface area contributed by atoms with E-state index in [1.807, 2.05) is 6.92 Å². The van der Waals surface area contributed by atoms with Crippen LogP contribution < -0.4 is 10.5 Å². The third-order valence-corrected chi connectivity index (χ3v) is 4.81. The van der Waals surface area contributed by atoms with Gasteiger partial charge in [-0.2, -0.15) is 0 Å². The van der Waals surface area contributed by atoms with Crippen molar-refractivity contribution >= 4 is 21.4 Å². The lowest BCUT2D eigenvalue weighted by Gasteiger charge is -2.04. The maximum atomic E-state index is 11.6. The van der Waals surface area contributed by atoms with Gasteiger partial charge in [0, 0.05) is 11.1 Å². The van der Waals surface area contributed by atoms with Gasteiger partial charge in [-0.25, -0.2) is 18.1 Å². The van der Waals surface area contributed by atoms with Crippen molar-refractivity contribution in [2.75, 3.05) is 12.3 Å². The summed E-state index contributed by atoms with van der Waals surface area (Å²) in [6, 6.07) is 0. The molecule has 1 heterocycles. The third kappa shape index (κ3) is 5.58. The average Bonchev–Trinajstić information content (AvgIpc) is 2.75. The number of rotatable bonds is 8. The summed E-state index contributed by atoms with van der Waals surface area (Å²) < 4.78 is 25.7. The minimum atomic E-state index is -3.19. The Kier molecular flexibility index (Phi) is 6.04. The Hall–Kier alpha value is -0.500. The van der Waals surface area contributed by atoms with E-state index >= 15 is 0 Å². The summed E-state index contributed by atoms with van der Waals surface area (Å²) >= 11 is 1.54. The van der Waals surface area contributed by atoms with Crippen LogP contribution in [0, 0.1) is 0 Å². The normalized spacial score (nSPS) is 11.9. The molecule has 5 nitrogen and oxygen atoms in total. The molecule has 0 amide bonds. The van der Waals surface area contributed by atoms with E-state index in [0.29, 0.717) is 13.0 Å². The highest BCUT2D eigenvalue weighted by molar-refractivity contribution is 7.89. The van der Waals surface area contributed by atoms with Crippen LogP contribution in [0.1, 0.15) is 29.7 Å². The zero-order valence-corrected chi connectivity index (χ0v) is 11.6. The maximum Gasteiger partial charge on any atom is 0.211 e. The van der Waals surface area contributed by atoms with Gasteiger partial charge in [-0.1, -0.05) is 6.92 Å². The van der Waals surface area contributed by atoms with Gasteiger partial charge in [-0.05, 0) is 25.8 Å². The molecule has 98 valence electrons. The lowest BCUT2D eigenvalue weighted by atomic mass is 10.3. The molecule has 17 heavy (non-hydrogen) atoms. The summed E-state index contributed by atoms with van der Waals surface area (Å²) in [5.74, 6) is 0.135. The number of nitrogens with zero attached hydrogens (tertiary/aromatic N) is 1. The van der Waals surface area contributed by atoms with Gasteiger partial charge >= 0.3 is 0 Å². The van der Waals surface area contributed by atoms with E-state index in [1.165, 1.54) is 4.88 Å². The van der Waals surface area contributed by atoms with Crippen LogP contribution in [0.15, 0.2) is 6.20 Å². The van der Waals surface area contributed by atoms with Gasteiger partial charge in [-0.15, -0.1) is 11.3 Å². The molecule has 0 atom stereocenters. The van der Waals surface area contributed by atoms with E-state index in [2.05, 4.69) is 9.71 Å². The molecule has 0 aliphatic carbocycles. The van der Waals surface area contributed by atoms with Crippen LogP contribution in [0.2, 0.25) is 0 Å². The SMILES string of the molecule is CCc1cnc(CNS(=O)(=O)CCCCN)s1. The van der Waals surface area contributed by atoms with Crippen molar-refractivity contribution in [3.63, 3.8) is 0 Å². The molecule has 0 aliphatic heterocycles. The van der Waals surface area contributed by atoms with E-state index in [1.54, 1.807) is 17.5 Å². The molecule has 0 aromatic carbocycles. The van der Waals surface area contributed by atoms with Gasteiger partial charge < -0.3 is 5.73 Å². The molecule has 3 N–H and O–H groups in total. The predicted octanol–water partition coefficient (Wildman–Crippen LogP) is 0.864. The fourth-order valence-corrected chi connectivity index (χ4v) is 3.25. The van der Waals surface area contributed by atoms with Crippen LogP contribution in [0.4, 0.5) is 0 Å². The lowest BCUT2D eigenvalue weighted by Crippen LogP contribution is -2.26. The van der Waals surface area contributed by atoms with Gasteiger partial charge in [0.25, 0.3) is 0 Å². The first kappa shape index (κ1) is 14.6. The Morgan fingerprint density at radius 3 is 2.82 bits per heavy atom. The van der Waals surface area contributed by atoms with E-state index in [-0.39, 0.29) is 12.3 Å². The molecule has 0 fully saturated rings. The van der Waals surface area contributed by atoms with Gasteiger partial charge in [0.05, 0.1) is 12.3 Å². The first-order chi connectivity index (χ1) is 8.07. The van der Waals surface area contributed by atoms with Crippen LogP contribution in [0.25, 0.3) is 0 Å². The molecule has 0 spiro atoms. The fourth-order valence-electron chi connectivity index (χ4n) is 1.27. The minimum absolute atomic E-state index is 0.135. The molecule has 0 bridgehead atoms. The number of hydrogen-bond acceptors (Lipinski definition) is 5. The Bertz CT molecular complexity index is 429. The van der Waals surface area contributed by atoms with Crippen molar-refractivity contribution < 1.29 is 8.42 Å². The Morgan fingerprint density at radius 1 is 1.47 bits per heavy atom. The van der Waals surface area contributed by atoms with Gasteiger partial charge in [0.2, 0.25) is 10.0 Å². The van der Waals surface area contributed by atoms with E-state index < -0.39 is 10.0 Å². The van der Waals surface area contributed by atoms with Crippen molar-refractivity contribution in [1.29, 1.82) is 0 Å². The van der Waals surface area contributed by atoms with Crippen LogP contribution in [-0.4, -0.2) is 25.7 Å². The lowest BCUT2D eigenvalue weighted by molar-refractivity contribution is 0.577. The van der Waals surface area contributed by atoms with Gasteiger partial charge in [-0.3, -0.25) is 0 Å². The zero-order chi connectivity index (χ0) is 12.7. The number of aromatic nitrogens is 1. The first-order valence-corrected chi connectivity index (χ1v) is 8.15. The molecule has 1 aromatic rings. The fraction of sp³-hybridized carbons (Fsp3) is 0.700. The minimum Gasteiger partial charge on any atom is -0.330 e. The monoisotopic (exact) mass is 277 g/mol. The highest BCUT2D eigenvalue weighted by Gasteiger charge is 2.10. The highest BCUT2D eigenvalue weighted by atomic mass is 32.2. The van der Waals surface area contributed by atoms with Crippen molar-refractivity contribution in [2.24, 2.45) is 5.73 Å². The number of aryl methyl sites for hydroxylation is 1. The largest absolute Gasteiger partial charge is 0.330 e. The van der Waals surface area contributed by atoms with E-state index in [0.717, 1.165) is 17.8 Å². The number of hydrogen-bond donors (Lipinski definition) is 2. The molecule has 0 saturated carbocycles. The van der Waals surface area contributed by atoms with E-state index in [4.69, 9.17) is 5.73 Å². The second-order valence-corrected chi connectivity index (χ2v) is 6.84. The summed E-state index contributed by atoms with van der Waals surface area (Å²) in [6.45, 7) is 2.87. The van der Waals surface area contributed by atoms with Crippen molar-refractivity contribution in [3.05, 3.63) is 16.1 Å². The zero-order valence-electron chi connectivity index (χ0n) is 9.98. The van der Waals surface area contributed by atoms with Gasteiger partial charge in [0.1, 0.15) is 5.01 Å². The number of sulfonamides is 1.